The molecule has 1 unspecified atom stereocenters. The molecule has 1 saturated heterocycles. The maximum Gasteiger partial charge on any atom is 0.0520 e. The second kappa shape index (κ2) is 6.53. The van der Waals surface area contributed by atoms with Gasteiger partial charge in [-0.05, 0) is 43.6 Å². The monoisotopic (exact) mass is 267 g/mol. The van der Waals surface area contributed by atoms with Crippen LogP contribution in [0.4, 0.5) is 5.69 Å². The lowest BCUT2D eigenvalue weighted by atomic mass is 10.1. The van der Waals surface area contributed by atoms with Crippen molar-refractivity contribution in [3.8, 4) is 0 Å². The molecule has 20 heavy (non-hydrogen) atoms. The van der Waals surface area contributed by atoms with Gasteiger partial charge in [0.05, 0.1) is 6.04 Å². The van der Waals surface area contributed by atoms with Crippen LogP contribution in [0.2, 0.25) is 0 Å². The molecule has 104 valence electrons. The molecule has 0 aliphatic carbocycles. The van der Waals surface area contributed by atoms with Gasteiger partial charge in [-0.2, -0.15) is 0 Å². The number of benzene rings is 1. The van der Waals surface area contributed by atoms with Crippen LogP contribution in [0.1, 0.15) is 24.4 Å². The van der Waals surface area contributed by atoms with Crippen molar-refractivity contribution in [2.24, 2.45) is 0 Å². The Bertz CT molecular complexity index is 506. The van der Waals surface area contributed by atoms with Gasteiger partial charge in [0.1, 0.15) is 0 Å². The Morgan fingerprint density at radius 1 is 1.00 bits per heavy atom. The lowest BCUT2D eigenvalue weighted by Gasteiger charge is -2.28. The molecule has 3 nitrogen and oxygen atoms in total. The van der Waals surface area contributed by atoms with Gasteiger partial charge >= 0.3 is 0 Å². The van der Waals surface area contributed by atoms with Gasteiger partial charge in [0.15, 0.2) is 0 Å². The average Bonchev–Trinajstić information content (AvgIpc) is 3.04. The minimum Gasteiger partial charge on any atom is -0.383 e. The third-order valence-electron chi connectivity index (χ3n) is 3.95. The van der Waals surface area contributed by atoms with Crippen molar-refractivity contribution in [3.63, 3.8) is 0 Å². The normalized spacial score (nSPS) is 17.0. The third kappa shape index (κ3) is 3.17. The highest BCUT2D eigenvalue weighted by Crippen LogP contribution is 2.25. The number of hydrogen-bond acceptors (Lipinski definition) is 3. The average molecular weight is 267 g/mol. The molecule has 0 saturated carbocycles. The van der Waals surface area contributed by atoms with Crippen LogP contribution in [0, 0.1) is 0 Å². The maximum absolute atomic E-state index is 4.06. The largest absolute Gasteiger partial charge is 0.383 e. The van der Waals surface area contributed by atoms with Gasteiger partial charge in [0, 0.05) is 24.6 Å². The molecule has 0 amide bonds. The Morgan fingerprint density at radius 2 is 1.70 bits per heavy atom. The number of rotatable bonds is 5. The van der Waals surface area contributed by atoms with Gasteiger partial charge in [-0.3, -0.25) is 9.88 Å². The van der Waals surface area contributed by atoms with Crippen LogP contribution in [0.3, 0.4) is 0 Å². The molecule has 1 N–H and O–H groups in total. The van der Waals surface area contributed by atoms with Gasteiger partial charge < -0.3 is 5.32 Å². The van der Waals surface area contributed by atoms with E-state index in [1.165, 1.54) is 31.5 Å². The van der Waals surface area contributed by atoms with Gasteiger partial charge in [-0.1, -0.05) is 30.3 Å². The van der Waals surface area contributed by atoms with Crippen molar-refractivity contribution in [2.45, 2.75) is 18.9 Å². The lowest BCUT2D eigenvalue weighted by molar-refractivity contribution is 0.256. The van der Waals surface area contributed by atoms with Crippen LogP contribution < -0.4 is 5.32 Å². The van der Waals surface area contributed by atoms with Crippen molar-refractivity contribution < 1.29 is 0 Å². The summed E-state index contributed by atoms with van der Waals surface area (Å²) >= 11 is 0. The van der Waals surface area contributed by atoms with E-state index in [2.05, 4.69) is 45.5 Å². The molecule has 1 atom stereocenters. The molecule has 1 aliphatic rings. The summed E-state index contributed by atoms with van der Waals surface area (Å²) in [6, 6.07) is 15.3. The van der Waals surface area contributed by atoms with Crippen LogP contribution in [0.25, 0.3) is 0 Å². The molecule has 1 fully saturated rings. The smallest absolute Gasteiger partial charge is 0.0520 e. The summed E-state index contributed by atoms with van der Waals surface area (Å²) in [5.41, 5.74) is 2.54. The molecule has 2 heterocycles. The van der Waals surface area contributed by atoms with Crippen LogP contribution in [0.15, 0.2) is 54.9 Å². The Kier molecular flexibility index (Phi) is 4.28. The fourth-order valence-corrected chi connectivity index (χ4v) is 2.87. The van der Waals surface area contributed by atoms with Gasteiger partial charge in [-0.15, -0.1) is 0 Å². The Labute approximate surface area is 120 Å². The summed E-state index contributed by atoms with van der Waals surface area (Å²) in [5.74, 6) is 0. The number of nitrogens with one attached hydrogen (secondary N) is 1. The van der Waals surface area contributed by atoms with Crippen molar-refractivity contribution >= 4 is 5.69 Å². The van der Waals surface area contributed by atoms with Crippen LogP contribution in [-0.4, -0.2) is 29.5 Å². The maximum atomic E-state index is 4.06. The van der Waals surface area contributed by atoms with Crippen molar-refractivity contribution in [1.29, 1.82) is 0 Å². The first-order valence-corrected chi connectivity index (χ1v) is 7.36. The van der Waals surface area contributed by atoms with Gasteiger partial charge in [0.2, 0.25) is 0 Å². The standard InChI is InChI=1S/C17H21N3/c1-2-6-15(7-3-1)17(20-12-4-5-13-20)14-19-16-8-10-18-11-9-16/h1-3,6-11,17H,4-5,12-14H2,(H,18,19). The Balaban J connectivity index is 1.72. The van der Waals surface area contributed by atoms with Gasteiger partial charge in [0.25, 0.3) is 0 Å². The zero-order valence-electron chi connectivity index (χ0n) is 11.7. The van der Waals surface area contributed by atoms with E-state index in [-0.39, 0.29) is 0 Å². The Hall–Kier alpha value is -1.87. The second-order valence-electron chi connectivity index (χ2n) is 5.29. The fraction of sp³-hybridized carbons (Fsp3) is 0.353. The van der Waals surface area contributed by atoms with Crippen LogP contribution >= 0.6 is 0 Å². The zero-order chi connectivity index (χ0) is 13.6. The second-order valence-corrected chi connectivity index (χ2v) is 5.29. The van der Waals surface area contributed by atoms with Crippen molar-refractivity contribution in [1.82, 2.24) is 9.88 Å². The fourth-order valence-electron chi connectivity index (χ4n) is 2.87. The van der Waals surface area contributed by atoms with E-state index in [9.17, 15) is 0 Å². The predicted octanol–water partition coefficient (Wildman–Crippen LogP) is 3.33. The van der Waals surface area contributed by atoms with E-state index in [1.54, 1.807) is 0 Å². The summed E-state index contributed by atoms with van der Waals surface area (Å²) in [6.07, 6.45) is 6.29. The molecular weight excluding hydrogens is 246 g/mol. The SMILES string of the molecule is c1ccc(C(CNc2ccncc2)N2CCCC2)cc1. The lowest BCUT2D eigenvalue weighted by Crippen LogP contribution is -2.31. The van der Waals surface area contributed by atoms with E-state index in [0.717, 1.165) is 12.2 Å². The highest BCUT2D eigenvalue weighted by Gasteiger charge is 2.22. The highest BCUT2D eigenvalue weighted by molar-refractivity contribution is 5.41. The molecule has 3 rings (SSSR count). The molecule has 1 aromatic carbocycles. The predicted molar refractivity (Wildman–Crippen MR) is 82.7 cm³/mol. The number of anilines is 1. The topological polar surface area (TPSA) is 28.2 Å². The Morgan fingerprint density at radius 3 is 2.40 bits per heavy atom. The molecule has 2 aromatic rings. The quantitative estimate of drug-likeness (QED) is 0.900. The van der Waals surface area contributed by atoms with E-state index in [0.29, 0.717) is 6.04 Å². The first-order chi connectivity index (χ1) is 9.93. The molecule has 1 aromatic heterocycles. The summed E-state index contributed by atoms with van der Waals surface area (Å²) in [4.78, 5) is 6.64. The summed E-state index contributed by atoms with van der Waals surface area (Å²) in [5, 5.41) is 3.54. The van der Waals surface area contributed by atoms with Crippen molar-refractivity contribution in [2.75, 3.05) is 25.0 Å². The highest BCUT2D eigenvalue weighted by atomic mass is 15.2. The minimum atomic E-state index is 0.451. The van der Waals surface area contributed by atoms with Gasteiger partial charge in [-0.25, -0.2) is 0 Å². The third-order valence-corrected chi connectivity index (χ3v) is 3.95. The molecular formula is C17H21N3. The minimum absolute atomic E-state index is 0.451. The first-order valence-electron chi connectivity index (χ1n) is 7.36. The summed E-state index contributed by atoms with van der Waals surface area (Å²) in [7, 11) is 0. The molecule has 0 spiro atoms. The van der Waals surface area contributed by atoms with E-state index >= 15 is 0 Å². The number of aromatic nitrogens is 1. The van der Waals surface area contributed by atoms with E-state index < -0.39 is 0 Å². The van der Waals surface area contributed by atoms with Crippen LogP contribution in [0.5, 0.6) is 0 Å². The number of nitrogens with zero attached hydrogens (tertiary/aromatic N) is 2. The zero-order valence-corrected chi connectivity index (χ0v) is 11.7. The molecule has 3 heteroatoms. The number of hydrogen-bond donors (Lipinski definition) is 1. The molecule has 0 bridgehead atoms. The summed E-state index contributed by atoms with van der Waals surface area (Å²) < 4.78 is 0. The summed E-state index contributed by atoms with van der Waals surface area (Å²) in [6.45, 7) is 3.35. The first kappa shape index (κ1) is 13.1. The number of pyridine rings is 1. The van der Waals surface area contributed by atoms with Crippen molar-refractivity contribution in [3.05, 3.63) is 60.4 Å². The number of likely N-dealkylation sites (tertiary alicyclic amines) is 1. The van der Waals surface area contributed by atoms with E-state index in [1.807, 2.05) is 24.5 Å². The molecule has 0 radical (unpaired) electrons. The van der Waals surface area contributed by atoms with E-state index in [4.69, 9.17) is 0 Å². The van der Waals surface area contributed by atoms with Crippen LogP contribution in [-0.2, 0) is 0 Å². The molecule has 1 aliphatic heterocycles.